The smallest absolute Gasteiger partial charge is 0.289 e. The fraction of sp³-hybridized carbons (Fsp3) is 0.412. The molecule has 2 amide bonds. The van der Waals surface area contributed by atoms with E-state index in [9.17, 15) is 9.59 Å². The molecule has 0 unspecified atom stereocenters. The van der Waals surface area contributed by atoms with Crippen LogP contribution in [0.3, 0.4) is 0 Å². The van der Waals surface area contributed by atoms with E-state index in [1.165, 1.54) is 12.5 Å². The molecule has 2 aromatic heterocycles. The molecule has 1 saturated carbocycles. The van der Waals surface area contributed by atoms with Gasteiger partial charge in [-0.2, -0.15) is 0 Å². The molecule has 2 aliphatic rings. The van der Waals surface area contributed by atoms with Crippen LogP contribution in [0, 0.1) is 0 Å². The first-order valence-corrected chi connectivity index (χ1v) is 8.41. The number of hydrogen-bond acceptors (Lipinski definition) is 6. The van der Waals surface area contributed by atoms with E-state index in [0.717, 1.165) is 12.8 Å². The molecule has 4 rings (SSSR count). The monoisotopic (exact) mass is 341 g/mol. The molecule has 1 aliphatic carbocycles. The summed E-state index contributed by atoms with van der Waals surface area (Å²) < 4.78 is 5.14. The van der Waals surface area contributed by atoms with E-state index < -0.39 is 0 Å². The molecule has 2 aromatic rings. The van der Waals surface area contributed by atoms with Crippen LogP contribution in [0.15, 0.2) is 35.2 Å². The first-order valence-electron chi connectivity index (χ1n) is 8.41. The number of aromatic nitrogens is 2. The summed E-state index contributed by atoms with van der Waals surface area (Å²) in [6, 6.07) is 3.83. The van der Waals surface area contributed by atoms with Crippen molar-refractivity contribution in [3.63, 3.8) is 0 Å². The maximum atomic E-state index is 12.5. The lowest BCUT2D eigenvalue weighted by atomic mass is 10.2. The molecular formula is C17H19N5O3. The largest absolute Gasteiger partial charge is 0.459 e. The Balaban J connectivity index is 1.33. The Hall–Kier alpha value is -2.90. The van der Waals surface area contributed by atoms with E-state index in [2.05, 4.69) is 15.3 Å². The molecule has 0 atom stereocenters. The van der Waals surface area contributed by atoms with Gasteiger partial charge in [-0.15, -0.1) is 0 Å². The molecule has 1 saturated heterocycles. The van der Waals surface area contributed by atoms with Crippen LogP contribution < -0.4 is 5.32 Å². The van der Waals surface area contributed by atoms with E-state index in [1.54, 1.807) is 28.1 Å². The van der Waals surface area contributed by atoms with E-state index in [-0.39, 0.29) is 11.8 Å². The first-order chi connectivity index (χ1) is 12.2. The number of carbonyl (C=O) groups is 2. The van der Waals surface area contributed by atoms with Crippen molar-refractivity contribution in [3.05, 3.63) is 42.2 Å². The predicted octanol–water partition coefficient (Wildman–Crippen LogP) is 1.24. The van der Waals surface area contributed by atoms with Crippen LogP contribution in [0.1, 0.15) is 33.9 Å². The van der Waals surface area contributed by atoms with E-state index in [1.807, 2.05) is 0 Å². The van der Waals surface area contributed by atoms with Crippen LogP contribution in [0.2, 0.25) is 0 Å². The van der Waals surface area contributed by atoms with Crippen LogP contribution in [-0.4, -0.2) is 63.8 Å². The van der Waals surface area contributed by atoms with Crippen LogP contribution in [0.25, 0.3) is 0 Å². The van der Waals surface area contributed by atoms with Crippen LogP contribution in [0.4, 0.5) is 5.82 Å². The van der Waals surface area contributed by atoms with E-state index in [4.69, 9.17) is 4.42 Å². The minimum atomic E-state index is -0.157. The van der Waals surface area contributed by atoms with Crippen molar-refractivity contribution in [1.29, 1.82) is 0 Å². The quantitative estimate of drug-likeness (QED) is 0.900. The number of piperazine rings is 1. The Morgan fingerprint density at radius 1 is 1.04 bits per heavy atom. The van der Waals surface area contributed by atoms with Gasteiger partial charge < -0.3 is 19.5 Å². The van der Waals surface area contributed by atoms with Gasteiger partial charge in [-0.3, -0.25) is 9.59 Å². The van der Waals surface area contributed by atoms with E-state index in [0.29, 0.717) is 49.5 Å². The van der Waals surface area contributed by atoms with Gasteiger partial charge in [-0.25, -0.2) is 9.97 Å². The Bertz CT molecular complexity index is 747. The summed E-state index contributed by atoms with van der Waals surface area (Å²) in [7, 11) is 0. The number of anilines is 1. The third kappa shape index (κ3) is 3.47. The molecule has 0 spiro atoms. The molecule has 8 nitrogen and oxygen atoms in total. The van der Waals surface area contributed by atoms with Crippen LogP contribution >= 0.6 is 0 Å². The summed E-state index contributed by atoms with van der Waals surface area (Å²) in [4.78, 5) is 36.6. The van der Waals surface area contributed by atoms with Gasteiger partial charge in [-0.05, 0) is 25.0 Å². The molecule has 25 heavy (non-hydrogen) atoms. The highest BCUT2D eigenvalue weighted by atomic mass is 16.3. The zero-order valence-corrected chi connectivity index (χ0v) is 13.7. The summed E-state index contributed by atoms with van der Waals surface area (Å²) in [6.45, 7) is 1.88. The van der Waals surface area contributed by atoms with Gasteiger partial charge in [0.2, 0.25) is 0 Å². The Morgan fingerprint density at radius 3 is 2.32 bits per heavy atom. The fourth-order valence-electron chi connectivity index (χ4n) is 2.78. The minimum absolute atomic E-state index is 0.146. The van der Waals surface area contributed by atoms with Gasteiger partial charge in [0.15, 0.2) is 5.76 Å². The SMILES string of the molecule is O=C(c1cnc(NC2CC2)cn1)N1CCN(C(=O)c2ccco2)CC1. The normalized spacial score (nSPS) is 17.4. The molecule has 130 valence electrons. The average molecular weight is 341 g/mol. The molecule has 0 radical (unpaired) electrons. The number of furan rings is 1. The zero-order valence-electron chi connectivity index (χ0n) is 13.7. The van der Waals surface area contributed by atoms with Crippen LogP contribution in [0.5, 0.6) is 0 Å². The van der Waals surface area contributed by atoms with Crippen molar-refractivity contribution in [3.8, 4) is 0 Å². The summed E-state index contributed by atoms with van der Waals surface area (Å²) in [5.74, 6) is 0.722. The third-order valence-electron chi connectivity index (χ3n) is 4.39. The van der Waals surface area contributed by atoms with Crippen molar-refractivity contribution in [2.24, 2.45) is 0 Å². The third-order valence-corrected chi connectivity index (χ3v) is 4.39. The lowest BCUT2D eigenvalue weighted by Crippen LogP contribution is -2.50. The number of hydrogen-bond donors (Lipinski definition) is 1. The summed E-state index contributed by atoms with van der Waals surface area (Å²) in [5.41, 5.74) is 0.326. The van der Waals surface area contributed by atoms with Crippen molar-refractivity contribution < 1.29 is 14.0 Å². The van der Waals surface area contributed by atoms with Gasteiger partial charge in [0.1, 0.15) is 11.5 Å². The standard InChI is InChI=1S/C17H19N5O3/c23-16(13-10-19-15(11-18-13)20-12-3-4-12)21-5-7-22(8-6-21)17(24)14-2-1-9-25-14/h1-2,9-12H,3-8H2,(H,19,20). The summed E-state index contributed by atoms with van der Waals surface area (Å²) in [5, 5.41) is 3.24. The molecule has 3 heterocycles. The lowest BCUT2D eigenvalue weighted by molar-refractivity contribution is 0.0515. The molecule has 8 heteroatoms. The second-order valence-corrected chi connectivity index (χ2v) is 6.27. The maximum absolute atomic E-state index is 12.5. The highest BCUT2D eigenvalue weighted by Gasteiger charge is 2.27. The van der Waals surface area contributed by atoms with Gasteiger partial charge >= 0.3 is 0 Å². The Morgan fingerprint density at radius 2 is 1.76 bits per heavy atom. The predicted molar refractivity (Wildman–Crippen MR) is 89.2 cm³/mol. The Kier molecular flexibility index (Phi) is 4.09. The highest BCUT2D eigenvalue weighted by Crippen LogP contribution is 2.23. The van der Waals surface area contributed by atoms with Crippen molar-refractivity contribution in [2.75, 3.05) is 31.5 Å². The number of rotatable bonds is 4. The number of nitrogens with one attached hydrogen (secondary N) is 1. The minimum Gasteiger partial charge on any atom is -0.459 e. The summed E-state index contributed by atoms with van der Waals surface area (Å²) in [6.07, 6.45) is 6.90. The number of amides is 2. The van der Waals surface area contributed by atoms with Gasteiger partial charge in [0.05, 0.1) is 18.7 Å². The van der Waals surface area contributed by atoms with Gasteiger partial charge in [-0.1, -0.05) is 0 Å². The van der Waals surface area contributed by atoms with Crippen molar-refractivity contribution in [1.82, 2.24) is 19.8 Å². The molecule has 2 fully saturated rings. The molecular weight excluding hydrogens is 322 g/mol. The van der Waals surface area contributed by atoms with Gasteiger partial charge in [0, 0.05) is 32.2 Å². The highest BCUT2D eigenvalue weighted by molar-refractivity contribution is 5.93. The number of nitrogens with zero attached hydrogens (tertiary/aromatic N) is 4. The molecule has 1 aliphatic heterocycles. The molecule has 0 bridgehead atoms. The second-order valence-electron chi connectivity index (χ2n) is 6.27. The molecule has 0 aromatic carbocycles. The topological polar surface area (TPSA) is 91.6 Å². The fourth-order valence-corrected chi connectivity index (χ4v) is 2.78. The first kappa shape index (κ1) is 15.6. The van der Waals surface area contributed by atoms with Crippen molar-refractivity contribution >= 4 is 17.6 Å². The average Bonchev–Trinajstić information content (AvgIpc) is 3.30. The molecule has 1 N–H and O–H groups in total. The van der Waals surface area contributed by atoms with Crippen LogP contribution in [-0.2, 0) is 0 Å². The lowest BCUT2D eigenvalue weighted by Gasteiger charge is -2.34. The van der Waals surface area contributed by atoms with E-state index >= 15 is 0 Å². The maximum Gasteiger partial charge on any atom is 0.289 e. The zero-order chi connectivity index (χ0) is 17.2. The number of carbonyl (C=O) groups excluding carboxylic acids is 2. The second kappa shape index (κ2) is 6.54. The Labute approximate surface area is 144 Å². The van der Waals surface area contributed by atoms with Crippen molar-refractivity contribution in [2.45, 2.75) is 18.9 Å². The van der Waals surface area contributed by atoms with Gasteiger partial charge in [0.25, 0.3) is 11.8 Å². The summed E-state index contributed by atoms with van der Waals surface area (Å²) >= 11 is 0.